The first kappa shape index (κ1) is 11.4. The van der Waals surface area contributed by atoms with Crippen LogP contribution in [0.5, 0.6) is 0 Å². The van der Waals surface area contributed by atoms with Crippen LogP contribution < -0.4 is 10.6 Å². The van der Waals surface area contributed by atoms with Crippen molar-refractivity contribution in [2.45, 2.75) is 38.8 Å². The zero-order chi connectivity index (χ0) is 11.7. The molecule has 0 aromatic carbocycles. The van der Waals surface area contributed by atoms with E-state index in [-0.39, 0.29) is 18.0 Å². The van der Waals surface area contributed by atoms with Gasteiger partial charge >= 0.3 is 6.03 Å². The second-order valence-corrected chi connectivity index (χ2v) is 4.91. The highest BCUT2D eigenvalue weighted by Gasteiger charge is 2.37. The van der Waals surface area contributed by atoms with Crippen molar-refractivity contribution in [3.05, 3.63) is 0 Å². The Balaban J connectivity index is 1.89. The number of rotatable bonds is 2. The van der Waals surface area contributed by atoms with Crippen LogP contribution >= 0.6 is 0 Å². The fraction of sp³-hybridized carbons (Fsp3) is 0.818. The van der Waals surface area contributed by atoms with Crippen molar-refractivity contribution < 1.29 is 9.59 Å². The van der Waals surface area contributed by atoms with Crippen LogP contribution in [0.25, 0.3) is 0 Å². The first-order valence-corrected chi connectivity index (χ1v) is 5.93. The maximum absolute atomic E-state index is 11.5. The molecule has 0 spiro atoms. The van der Waals surface area contributed by atoms with Gasteiger partial charge in [0.1, 0.15) is 6.04 Å². The molecule has 5 heteroatoms. The van der Waals surface area contributed by atoms with Crippen LogP contribution in [-0.4, -0.2) is 42.0 Å². The van der Waals surface area contributed by atoms with E-state index in [9.17, 15) is 9.59 Å². The van der Waals surface area contributed by atoms with Crippen LogP contribution in [0.15, 0.2) is 0 Å². The third-order valence-electron chi connectivity index (χ3n) is 3.58. The smallest absolute Gasteiger partial charge is 0.322 e. The average molecular weight is 225 g/mol. The molecule has 0 bridgehead atoms. The Labute approximate surface area is 95.6 Å². The number of nitrogens with zero attached hydrogens (tertiary/aromatic N) is 1. The van der Waals surface area contributed by atoms with Gasteiger partial charge in [0.25, 0.3) is 5.91 Å². The molecule has 2 aliphatic rings. The molecule has 2 rings (SSSR count). The minimum atomic E-state index is -0.346. The lowest BCUT2D eigenvalue weighted by Gasteiger charge is -2.35. The fourth-order valence-electron chi connectivity index (χ4n) is 2.53. The summed E-state index contributed by atoms with van der Waals surface area (Å²) < 4.78 is 0. The molecule has 0 aromatic heterocycles. The molecule has 2 aliphatic heterocycles. The summed E-state index contributed by atoms with van der Waals surface area (Å²) in [5.74, 6) is 0.134. The van der Waals surface area contributed by atoms with Gasteiger partial charge in [-0.25, -0.2) is 4.79 Å². The van der Waals surface area contributed by atoms with Gasteiger partial charge in [0.15, 0.2) is 0 Å². The first-order valence-electron chi connectivity index (χ1n) is 5.93. The predicted octanol–water partition coefficient (Wildman–Crippen LogP) is 0.315. The summed E-state index contributed by atoms with van der Waals surface area (Å²) in [7, 11) is 0. The molecule has 0 aromatic rings. The Kier molecular flexibility index (Phi) is 3.14. The van der Waals surface area contributed by atoms with Crippen LogP contribution in [0.3, 0.4) is 0 Å². The van der Waals surface area contributed by atoms with E-state index in [4.69, 9.17) is 0 Å². The van der Waals surface area contributed by atoms with Crippen molar-refractivity contribution in [1.29, 1.82) is 0 Å². The molecule has 2 fully saturated rings. The molecule has 2 saturated heterocycles. The van der Waals surface area contributed by atoms with Crippen molar-refractivity contribution >= 4 is 11.9 Å². The van der Waals surface area contributed by atoms with Crippen molar-refractivity contribution in [2.24, 2.45) is 5.92 Å². The van der Waals surface area contributed by atoms with Crippen LogP contribution in [-0.2, 0) is 4.79 Å². The normalized spacial score (nSPS) is 28.3. The first-order chi connectivity index (χ1) is 7.58. The minimum Gasteiger partial charge on any atom is -0.326 e. The second kappa shape index (κ2) is 4.41. The van der Waals surface area contributed by atoms with Crippen molar-refractivity contribution in [3.63, 3.8) is 0 Å². The topological polar surface area (TPSA) is 61.4 Å². The summed E-state index contributed by atoms with van der Waals surface area (Å²) in [6, 6.07) is -0.0870. The van der Waals surface area contributed by atoms with Gasteiger partial charge < -0.3 is 10.2 Å². The second-order valence-electron chi connectivity index (χ2n) is 4.91. The Morgan fingerprint density at radius 3 is 2.31 bits per heavy atom. The summed E-state index contributed by atoms with van der Waals surface area (Å²) >= 11 is 0. The van der Waals surface area contributed by atoms with E-state index in [2.05, 4.69) is 29.4 Å². The van der Waals surface area contributed by atoms with Gasteiger partial charge in [-0.05, 0) is 45.7 Å². The highest BCUT2D eigenvalue weighted by atomic mass is 16.2. The van der Waals surface area contributed by atoms with Crippen LogP contribution in [0, 0.1) is 5.92 Å². The largest absolute Gasteiger partial charge is 0.326 e. The summed E-state index contributed by atoms with van der Waals surface area (Å²) in [4.78, 5) is 24.9. The van der Waals surface area contributed by atoms with E-state index in [1.807, 2.05) is 0 Å². The maximum atomic E-state index is 11.5. The van der Waals surface area contributed by atoms with Crippen LogP contribution in [0.2, 0.25) is 0 Å². The van der Waals surface area contributed by atoms with Gasteiger partial charge in [0.2, 0.25) is 0 Å². The maximum Gasteiger partial charge on any atom is 0.322 e. The molecule has 1 atom stereocenters. The SMILES string of the molecule is CC(C)N1CCC(C2NC(=O)NC2=O)CC1. The third-order valence-corrected chi connectivity index (χ3v) is 3.58. The lowest BCUT2D eigenvalue weighted by Crippen LogP contribution is -2.45. The highest BCUT2D eigenvalue weighted by Crippen LogP contribution is 2.23. The Morgan fingerprint density at radius 2 is 1.88 bits per heavy atom. The van der Waals surface area contributed by atoms with Gasteiger partial charge in [-0.2, -0.15) is 0 Å². The van der Waals surface area contributed by atoms with Gasteiger partial charge in [-0.15, -0.1) is 0 Å². The summed E-state index contributed by atoms with van der Waals surface area (Å²) in [6.45, 7) is 6.40. The number of amides is 3. The van der Waals surface area contributed by atoms with E-state index in [1.165, 1.54) is 0 Å². The highest BCUT2D eigenvalue weighted by molar-refractivity contribution is 6.04. The van der Waals surface area contributed by atoms with Crippen molar-refractivity contribution in [2.75, 3.05) is 13.1 Å². The number of carbonyl (C=O) groups is 2. The van der Waals surface area contributed by atoms with Gasteiger partial charge in [0.05, 0.1) is 0 Å². The molecule has 3 amide bonds. The molecule has 0 saturated carbocycles. The van der Waals surface area contributed by atoms with Gasteiger partial charge in [-0.3, -0.25) is 10.1 Å². The molecule has 0 aliphatic carbocycles. The fourth-order valence-corrected chi connectivity index (χ4v) is 2.53. The van der Waals surface area contributed by atoms with E-state index in [0.29, 0.717) is 12.0 Å². The summed E-state index contributed by atoms with van der Waals surface area (Å²) in [6.07, 6.45) is 1.97. The standard InChI is InChI=1S/C11H19N3O2/c1-7(2)14-5-3-8(4-6-14)9-10(15)13-11(16)12-9/h7-9H,3-6H2,1-2H3,(H2,12,13,15,16). The number of piperidine rings is 1. The molecule has 2 heterocycles. The molecule has 16 heavy (non-hydrogen) atoms. The third kappa shape index (κ3) is 2.19. The number of carbonyl (C=O) groups excluding carboxylic acids is 2. The Bertz CT molecular complexity index is 296. The number of nitrogens with one attached hydrogen (secondary N) is 2. The molecule has 90 valence electrons. The van der Waals surface area contributed by atoms with Gasteiger partial charge in [-0.1, -0.05) is 0 Å². The number of urea groups is 1. The van der Waals surface area contributed by atoms with Crippen LogP contribution in [0.1, 0.15) is 26.7 Å². The lowest BCUT2D eigenvalue weighted by molar-refractivity contribution is -0.121. The van der Waals surface area contributed by atoms with E-state index >= 15 is 0 Å². The summed E-state index contributed by atoms with van der Waals surface area (Å²) in [5, 5.41) is 4.99. The lowest BCUT2D eigenvalue weighted by atomic mass is 9.89. The Morgan fingerprint density at radius 1 is 1.25 bits per heavy atom. The zero-order valence-electron chi connectivity index (χ0n) is 9.82. The van der Waals surface area contributed by atoms with E-state index in [1.54, 1.807) is 0 Å². The molecule has 2 N–H and O–H groups in total. The van der Waals surface area contributed by atoms with Crippen LogP contribution in [0.4, 0.5) is 4.79 Å². The zero-order valence-corrected chi connectivity index (χ0v) is 9.82. The Hall–Kier alpha value is -1.10. The van der Waals surface area contributed by atoms with Gasteiger partial charge in [0, 0.05) is 6.04 Å². The molecule has 1 unspecified atom stereocenters. The minimum absolute atomic E-state index is 0.159. The predicted molar refractivity (Wildman–Crippen MR) is 59.9 cm³/mol. The number of hydrogen-bond acceptors (Lipinski definition) is 3. The molecule has 0 radical (unpaired) electrons. The summed E-state index contributed by atoms with van der Waals surface area (Å²) in [5.41, 5.74) is 0. The molecular weight excluding hydrogens is 206 g/mol. The van der Waals surface area contributed by atoms with Crippen molar-refractivity contribution in [3.8, 4) is 0 Å². The van der Waals surface area contributed by atoms with E-state index < -0.39 is 0 Å². The van der Waals surface area contributed by atoms with Crippen molar-refractivity contribution in [1.82, 2.24) is 15.5 Å². The monoisotopic (exact) mass is 225 g/mol. The number of imide groups is 1. The molecular formula is C11H19N3O2. The number of hydrogen-bond donors (Lipinski definition) is 2. The van der Waals surface area contributed by atoms with E-state index in [0.717, 1.165) is 25.9 Å². The quantitative estimate of drug-likeness (QED) is 0.665. The molecule has 5 nitrogen and oxygen atoms in total. The average Bonchev–Trinajstić information content (AvgIpc) is 2.58. The number of likely N-dealkylation sites (tertiary alicyclic amines) is 1.